The molecule has 1 saturated heterocycles. The zero-order valence-corrected chi connectivity index (χ0v) is 18.7. The van der Waals surface area contributed by atoms with E-state index in [4.69, 9.17) is 0 Å². The van der Waals surface area contributed by atoms with Crippen molar-refractivity contribution in [3.05, 3.63) is 0 Å². The van der Waals surface area contributed by atoms with Crippen molar-refractivity contribution in [3.8, 4) is 0 Å². The number of likely N-dealkylation sites (N-methyl/N-ethyl adjacent to an activating group) is 2. The molecule has 0 bridgehead atoms. The van der Waals surface area contributed by atoms with Crippen LogP contribution in [0.4, 0.5) is 0 Å². The van der Waals surface area contributed by atoms with E-state index in [9.17, 15) is 0 Å². The van der Waals surface area contributed by atoms with Gasteiger partial charge in [0, 0.05) is 58.6 Å². The molecular weight excluding hydrogens is 327 g/mol. The first-order chi connectivity index (χ1) is 12.1. The van der Waals surface area contributed by atoms with Gasteiger partial charge in [0.1, 0.15) is 0 Å². The van der Waals surface area contributed by atoms with E-state index < -0.39 is 0 Å². The van der Waals surface area contributed by atoms with E-state index in [0.29, 0.717) is 0 Å². The molecule has 0 amide bonds. The molecule has 0 radical (unpaired) electrons. The molecule has 4 nitrogen and oxygen atoms in total. The normalized spacial score (nSPS) is 22.4. The van der Waals surface area contributed by atoms with Crippen molar-refractivity contribution in [1.29, 1.82) is 0 Å². The van der Waals surface area contributed by atoms with Gasteiger partial charge in [0.2, 0.25) is 0 Å². The minimum Gasteiger partial charge on any atom is -0.301 e. The molecule has 1 aliphatic rings. The van der Waals surface area contributed by atoms with Gasteiger partial charge in [-0.2, -0.15) is 0 Å². The number of rotatable bonds is 8. The van der Waals surface area contributed by atoms with Crippen LogP contribution in [0.1, 0.15) is 40.5 Å². The van der Waals surface area contributed by atoms with E-state index in [-0.39, 0.29) is 7.92 Å². The van der Waals surface area contributed by atoms with Gasteiger partial charge >= 0.3 is 0 Å². The molecule has 0 saturated carbocycles. The van der Waals surface area contributed by atoms with E-state index in [0.717, 1.165) is 0 Å². The van der Waals surface area contributed by atoms with Crippen molar-refractivity contribution in [3.63, 3.8) is 0 Å². The van der Waals surface area contributed by atoms with Crippen LogP contribution >= 0.6 is 7.92 Å². The van der Waals surface area contributed by atoms with Gasteiger partial charge in [0.15, 0.2) is 0 Å². The minimum atomic E-state index is 0.179. The molecule has 150 valence electrons. The summed E-state index contributed by atoms with van der Waals surface area (Å²) in [6.07, 6.45) is 5.37. The second-order valence-electron chi connectivity index (χ2n) is 7.55. The number of hydrogen-bond acceptors (Lipinski definition) is 4. The molecular formula is C20H45N4P. The van der Waals surface area contributed by atoms with Crippen LogP contribution in [0, 0.1) is 0 Å². The van der Waals surface area contributed by atoms with E-state index in [1.54, 1.807) is 0 Å². The fraction of sp³-hybridized carbons (Fsp3) is 1.00. The lowest BCUT2D eigenvalue weighted by atomic mass is 10.3. The van der Waals surface area contributed by atoms with E-state index in [1.165, 1.54) is 97.3 Å². The molecule has 25 heavy (non-hydrogen) atoms. The summed E-state index contributed by atoms with van der Waals surface area (Å²) in [7, 11) is 0.179. The third kappa shape index (κ3) is 10.2. The molecule has 0 N–H and O–H groups in total. The Morgan fingerprint density at radius 2 is 1.04 bits per heavy atom. The van der Waals surface area contributed by atoms with Crippen LogP contribution in [-0.2, 0) is 0 Å². The Balaban J connectivity index is 2.69. The van der Waals surface area contributed by atoms with Crippen molar-refractivity contribution in [2.75, 3.05) is 91.1 Å². The zero-order valence-electron chi connectivity index (χ0n) is 17.8. The lowest BCUT2D eigenvalue weighted by Crippen LogP contribution is -2.46. The summed E-state index contributed by atoms with van der Waals surface area (Å²) in [5.41, 5.74) is 0. The average molecular weight is 373 g/mol. The van der Waals surface area contributed by atoms with Gasteiger partial charge in [-0.3, -0.25) is 4.90 Å². The van der Waals surface area contributed by atoms with Crippen LogP contribution in [0.3, 0.4) is 0 Å². The first-order valence-corrected chi connectivity index (χ1v) is 12.9. The van der Waals surface area contributed by atoms with Crippen LogP contribution in [-0.4, -0.2) is 111 Å². The molecule has 5 heteroatoms. The number of hydrogen-bond donors (Lipinski definition) is 0. The van der Waals surface area contributed by atoms with Gasteiger partial charge in [0.25, 0.3) is 0 Å². The van der Waals surface area contributed by atoms with E-state index >= 15 is 0 Å². The van der Waals surface area contributed by atoms with Gasteiger partial charge in [0.05, 0.1) is 0 Å². The molecule has 0 aromatic heterocycles. The highest BCUT2D eigenvalue weighted by Crippen LogP contribution is 2.31. The summed E-state index contributed by atoms with van der Waals surface area (Å²) in [4.78, 5) is 10.8. The molecule has 0 aromatic rings. The molecule has 1 heterocycles. The molecule has 1 aliphatic heterocycles. The summed E-state index contributed by atoms with van der Waals surface area (Å²) in [6.45, 7) is 25.3. The van der Waals surface area contributed by atoms with E-state index in [1.807, 2.05) is 0 Å². The second kappa shape index (κ2) is 14.3. The second-order valence-corrected chi connectivity index (χ2v) is 9.99. The first kappa shape index (κ1) is 23.3. The van der Waals surface area contributed by atoms with Gasteiger partial charge in [-0.25, -0.2) is 0 Å². The summed E-state index contributed by atoms with van der Waals surface area (Å²) in [6, 6.07) is 0. The van der Waals surface area contributed by atoms with Gasteiger partial charge in [-0.15, -0.1) is 0 Å². The molecule has 1 fully saturated rings. The lowest BCUT2D eigenvalue weighted by molar-refractivity contribution is 0.145. The first-order valence-electron chi connectivity index (χ1n) is 10.7. The fourth-order valence-electron chi connectivity index (χ4n) is 3.69. The average Bonchev–Trinajstić information content (AvgIpc) is 2.60. The maximum atomic E-state index is 2.77. The zero-order chi connectivity index (χ0) is 18.5. The Labute approximate surface area is 159 Å². The summed E-state index contributed by atoms with van der Waals surface area (Å²) in [5.74, 6) is 0. The topological polar surface area (TPSA) is 13.0 Å². The monoisotopic (exact) mass is 372 g/mol. The maximum Gasteiger partial charge on any atom is 0.0182 e. The Hall–Kier alpha value is 0.270. The van der Waals surface area contributed by atoms with Gasteiger partial charge in [-0.1, -0.05) is 42.0 Å². The van der Waals surface area contributed by atoms with Crippen LogP contribution < -0.4 is 0 Å². The largest absolute Gasteiger partial charge is 0.301 e. The van der Waals surface area contributed by atoms with E-state index in [2.05, 4.69) is 54.0 Å². The Morgan fingerprint density at radius 3 is 1.44 bits per heavy atom. The minimum absolute atomic E-state index is 0.179. The third-order valence-electron chi connectivity index (χ3n) is 5.41. The Morgan fingerprint density at radius 1 is 0.600 bits per heavy atom. The summed E-state index contributed by atoms with van der Waals surface area (Å²) in [5, 5.41) is 0. The van der Waals surface area contributed by atoms with Crippen molar-refractivity contribution >= 4 is 7.92 Å². The molecule has 1 rings (SSSR count). The lowest BCUT2D eigenvalue weighted by Gasteiger charge is -2.34. The molecule has 0 spiro atoms. The highest BCUT2D eigenvalue weighted by molar-refractivity contribution is 7.56. The van der Waals surface area contributed by atoms with Crippen molar-refractivity contribution in [1.82, 2.24) is 19.6 Å². The molecule has 0 aliphatic carbocycles. The van der Waals surface area contributed by atoms with Gasteiger partial charge in [-0.05, 0) is 38.9 Å². The van der Waals surface area contributed by atoms with Gasteiger partial charge < -0.3 is 14.7 Å². The van der Waals surface area contributed by atoms with Crippen LogP contribution in [0.15, 0.2) is 0 Å². The quantitative estimate of drug-likeness (QED) is 0.607. The van der Waals surface area contributed by atoms with Crippen molar-refractivity contribution in [2.45, 2.75) is 40.5 Å². The summed E-state index contributed by atoms with van der Waals surface area (Å²) < 4.78 is 0. The predicted molar refractivity (Wildman–Crippen MR) is 115 cm³/mol. The summed E-state index contributed by atoms with van der Waals surface area (Å²) >= 11 is 0. The fourth-order valence-corrected chi connectivity index (χ4v) is 5.56. The highest BCUT2D eigenvalue weighted by atomic mass is 31.1. The number of nitrogens with zero attached hydrogens (tertiary/aromatic N) is 4. The standard InChI is InChI=1S/C20H45N4P/c1-6-10-23-15-13-21(8-3)11-12-22(9-4)14-17-24(18-16-23)20-25(5)19-7-2/h6-20H2,1-5H3. The van der Waals surface area contributed by atoms with Crippen molar-refractivity contribution in [2.24, 2.45) is 0 Å². The molecule has 1 unspecified atom stereocenters. The smallest absolute Gasteiger partial charge is 0.0182 e. The molecule has 0 aromatic carbocycles. The molecule has 1 atom stereocenters. The van der Waals surface area contributed by atoms with Crippen LogP contribution in [0.5, 0.6) is 0 Å². The van der Waals surface area contributed by atoms with Crippen LogP contribution in [0.25, 0.3) is 0 Å². The Bertz CT molecular complexity index is 316. The predicted octanol–water partition coefficient (Wildman–Crippen LogP) is 3.14. The third-order valence-corrected chi connectivity index (χ3v) is 7.50. The van der Waals surface area contributed by atoms with Crippen molar-refractivity contribution < 1.29 is 0 Å². The van der Waals surface area contributed by atoms with Crippen LogP contribution in [0.2, 0.25) is 0 Å². The Kier molecular flexibility index (Phi) is 13.4. The maximum absolute atomic E-state index is 2.77. The SMILES string of the molecule is CCCN1CCN(CC)CCN(CC)CCN(CP(C)CCC)CC1. The highest BCUT2D eigenvalue weighted by Gasteiger charge is 2.16.